The molecule has 6 heteroatoms. The first-order valence-electron chi connectivity index (χ1n) is 13.3. The molecule has 2 aliphatic heterocycles. The van der Waals surface area contributed by atoms with Gasteiger partial charge < -0.3 is 15.4 Å². The fourth-order valence-corrected chi connectivity index (χ4v) is 5.43. The quantitative estimate of drug-likeness (QED) is 0.450. The van der Waals surface area contributed by atoms with Crippen LogP contribution in [0.5, 0.6) is 0 Å². The van der Waals surface area contributed by atoms with E-state index >= 15 is 0 Å². The Bertz CT molecular complexity index is 832. The second-order valence-electron chi connectivity index (χ2n) is 11.6. The molecule has 2 aliphatic rings. The first-order valence-corrected chi connectivity index (χ1v) is 13.3. The molecule has 2 bridgehead atoms. The molecule has 2 N–H and O–H groups in total. The van der Waals surface area contributed by atoms with Crippen LogP contribution in [0.3, 0.4) is 0 Å². The number of hydrogen-bond acceptors (Lipinski definition) is 4. The molecule has 35 heavy (non-hydrogen) atoms. The highest BCUT2D eigenvalue weighted by molar-refractivity contribution is 5.77. The predicted octanol–water partition coefficient (Wildman–Crippen LogP) is 5.57. The average molecular weight is 484 g/mol. The summed E-state index contributed by atoms with van der Waals surface area (Å²) in [7, 11) is 0. The van der Waals surface area contributed by atoms with Gasteiger partial charge in [0.05, 0.1) is 6.04 Å². The lowest BCUT2D eigenvalue weighted by Crippen LogP contribution is -2.56. The van der Waals surface area contributed by atoms with E-state index in [1.165, 1.54) is 24.8 Å². The summed E-state index contributed by atoms with van der Waals surface area (Å²) in [5, 5.41) is 6.22. The van der Waals surface area contributed by atoms with Gasteiger partial charge >= 0.3 is 6.09 Å². The van der Waals surface area contributed by atoms with E-state index in [2.05, 4.69) is 59.7 Å². The van der Waals surface area contributed by atoms with E-state index in [-0.39, 0.29) is 18.0 Å². The maximum absolute atomic E-state index is 12.7. The number of rotatable bonds is 9. The number of amides is 2. The standard InChI is InChI=1S/C29H45N3O3/c1-21(2)17-23(31-28(34)35-29(3,4)5)13-9-16-27(33)30-24-18-25-14-10-15-26(19-24)32(25)20-22-11-7-6-8-12-22/h6-9,11-13,21,23-26H,10,14-20H2,1-5H3,(H,30,33)(H,31,34)/b13-9+/t23-,24?,25-,26+/m1/s1. The summed E-state index contributed by atoms with van der Waals surface area (Å²) in [6.45, 7) is 10.8. The van der Waals surface area contributed by atoms with Crippen LogP contribution < -0.4 is 10.6 Å². The lowest BCUT2D eigenvalue weighted by atomic mass is 9.81. The van der Waals surface area contributed by atoms with Crippen molar-refractivity contribution in [2.24, 2.45) is 5.92 Å². The number of carbonyl (C=O) groups is 2. The summed E-state index contributed by atoms with van der Waals surface area (Å²) in [6, 6.07) is 11.9. The van der Waals surface area contributed by atoms with Crippen LogP contribution in [-0.2, 0) is 16.1 Å². The highest BCUT2D eigenvalue weighted by Crippen LogP contribution is 2.35. The molecule has 2 heterocycles. The number of piperidine rings is 2. The zero-order chi connectivity index (χ0) is 25.4. The molecule has 0 aromatic heterocycles. The zero-order valence-corrected chi connectivity index (χ0v) is 22.3. The Morgan fingerprint density at radius 2 is 1.77 bits per heavy atom. The molecular weight excluding hydrogens is 438 g/mol. The highest BCUT2D eigenvalue weighted by Gasteiger charge is 2.38. The second kappa shape index (κ2) is 12.6. The Kier molecular flexibility index (Phi) is 9.79. The molecule has 2 fully saturated rings. The number of carbonyl (C=O) groups excluding carboxylic acids is 2. The number of nitrogens with one attached hydrogen (secondary N) is 2. The Morgan fingerprint density at radius 3 is 2.37 bits per heavy atom. The molecule has 194 valence electrons. The number of benzene rings is 1. The van der Waals surface area contributed by atoms with E-state index in [4.69, 9.17) is 4.74 Å². The molecule has 1 unspecified atom stereocenters. The third-order valence-corrected chi connectivity index (χ3v) is 6.80. The predicted molar refractivity (Wildman–Crippen MR) is 141 cm³/mol. The summed E-state index contributed by atoms with van der Waals surface area (Å²) in [5.74, 6) is 0.468. The molecule has 4 atom stereocenters. The van der Waals surface area contributed by atoms with Gasteiger partial charge in [-0.1, -0.05) is 62.8 Å². The van der Waals surface area contributed by atoms with Gasteiger partial charge in [0.1, 0.15) is 5.60 Å². The maximum Gasteiger partial charge on any atom is 0.408 e. The van der Waals surface area contributed by atoms with Gasteiger partial charge in [0.15, 0.2) is 0 Å². The van der Waals surface area contributed by atoms with E-state index in [1.807, 2.05) is 32.9 Å². The van der Waals surface area contributed by atoms with Crippen molar-refractivity contribution in [3.63, 3.8) is 0 Å². The van der Waals surface area contributed by atoms with Crippen molar-refractivity contribution in [1.82, 2.24) is 15.5 Å². The van der Waals surface area contributed by atoms with E-state index in [0.29, 0.717) is 24.4 Å². The third kappa shape index (κ3) is 9.32. The summed E-state index contributed by atoms with van der Waals surface area (Å²) in [5.41, 5.74) is 0.832. The average Bonchev–Trinajstić information content (AvgIpc) is 2.73. The van der Waals surface area contributed by atoms with Crippen molar-refractivity contribution < 1.29 is 14.3 Å². The van der Waals surface area contributed by atoms with Crippen molar-refractivity contribution in [3.8, 4) is 0 Å². The molecule has 0 saturated carbocycles. The van der Waals surface area contributed by atoms with E-state index in [1.54, 1.807) is 0 Å². The van der Waals surface area contributed by atoms with Gasteiger partial charge in [-0.15, -0.1) is 0 Å². The maximum atomic E-state index is 12.7. The zero-order valence-electron chi connectivity index (χ0n) is 22.3. The Labute approximate surface area is 211 Å². The number of ether oxygens (including phenoxy) is 1. The van der Waals surface area contributed by atoms with Gasteiger partial charge in [-0.25, -0.2) is 4.79 Å². The van der Waals surface area contributed by atoms with Crippen molar-refractivity contribution in [2.75, 3.05) is 0 Å². The van der Waals surface area contributed by atoms with Crippen LogP contribution in [-0.4, -0.2) is 46.7 Å². The topological polar surface area (TPSA) is 70.7 Å². The van der Waals surface area contributed by atoms with Crippen LogP contribution in [0.2, 0.25) is 0 Å². The van der Waals surface area contributed by atoms with Crippen LogP contribution in [0.25, 0.3) is 0 Å². The van der Waals surface area contributed by atoms with Crippen LogP contribution in [0.1, 0.15) is 85.1 Å². The van der Waals surface area contributed by atoms with Gasteiger partial charge in [-0.05, 0) is 64.4 Å². The van der Waals surface area contributed by atoms with Crippen molar-refractivity contribution in [1.29, 1.82) is 0 Å². The Hall–Kier alpha value is -2.34. The summed E-state index contributed by atoms with van der Waals surface area (Å²) in [6.07, 6.45) is 10.3. The number of hydrogen-bond donors (Lipinski definition) is 2. The largest absolute Gasteiger partial charge is 0.444 e. The van der Waals surface area contributed by atoms with Crippen molar-refractivity contribution >= 4 is 12.0 Å². The van der Waals surface area contributed by atoms with Crippen molar-refractivity contribution in [2.45, 2.75) is 116 Å². The highest BCUT2D eigenvalue weighted by atomic mass is 16.6. The minimum Gasteiger partial charge on any atom is -0.444 e. The molecule has 3 rings (SSSR count). The fraction of sp³-hybridized carbons (Fsp3) is 0.655. The van der Waals surface area contributed by atoms with E-state index in [9.17, 15) is 9.59 Å². The Morgan fingerprint density at radius 1 is 1.11 bits per heavy atom. The summed E-state index contributed by atoms with van der Waals surface area (Å²) >= 11 is 0. The fourth-order valence-electron chi connectivity index (χ4n) is 5.43. The number of fused-ring (bicyclic) bond motifs is 2. The lowest BCUT2D eigenvalue weighted by Gasteiger charge is -2.49. The molecular formula is C29H45N3O3. The molecule has 2 saturated heterocycles. The minimum absolute atomic E-state index is 0.0568. The molecule has 0 aliphatic carbocycles. The van der Waals surface area contributed by atoms with Gasteiger partial charge in [-0.3, -0.25) is 9.69 Å². The summed E-state index contributed by atoms with van der Waals surface area (Å²) in [4.78, 5) is 27.6. The van der Waals surface area contributed by atoms with Crippen molar-refractivity contribution in [3.05, 3.63) is 48.0 Å². The third-order valence-electron chi connectivity index (χ3n) is 6.80. The second-order valence-corrected chi connectivity index (χ2v) is 11.6. The van der Waals surface area contributed by atoms with Crippen LogP contribution in [0.4, 0.5) is 4.79 Å². The number of alkyl carbamates (subject to hydrolysis) is 1. The SMILES string of the molecule is CC(C)C[C@@H](/C=C/CC(=O)NC1C[C@H]2CCC[C@@H](C1)N2Cc1ccccc1)NC(=O)OC(C)(C)C. The van der Waals surface area contributed by atoms with Gasteiger partial charge in [-0.2, -0.15) is 0 Å². The van der Waals surface area contributed by atoms with E-state index in [0.717, 1.165) is 25.8 Å². The van der Waals surface area contributed by atoms with E-state index < -0.39 is 11.7 Å². The first-order chi connectivity index (χ1) is 16.6. The smallest absolute Gasteiger partial charge is 0.408 e. The first kappa shape index (κ1) is 27.3. The molecule has 1 aromatic rings. The number of nitrogens with zero attached hydrogens (tertiary/aromatic N) is 1. The molecule has 6 nitrogen and oxygen atoms in total. The summed E-state index contributed by atoms with van der Waals surface area (Å²) < 4.78 is 5.39. The van der Waals surface area contributed by atoms with Gasteiger partial charge in [0, 0.05) is 31.1 Å². The molecule has 0 spiro atoms. The van der Waals surface area contributed by atoms with Gasteiger partial charge in [0.25, 0.3) is 0 Å². The molecule has 1 aromatic carbocycles. The van der Waals surface area contributed by atoms with Crippen LogP contribution in [0, 0.1) is 5.92 Å². The Balaban J connectivity index is 1.49. The molecule has 0 radical (unpaired) electrons. The van der Waals surface area contributed by atoms with Gasteiger partial charge in [0.2, 0.25) is 5.91 Å². The molecule has 2 amide bonds. The minimum atomic E-state index is -0.537. The van der Waals surface area contributed by atoms with Crippen LogP contribution >= 0.6 is 0 Å². The lowest BCUT2D eigenvalue weighted by molar-refractivity contribution is -0.121. The normalized spacial score (nSPS) is 23.8. The monoisotopic (exact) mass is 483 g/mol. The van der Waals surface area contributed by atoms with Crippen LogP contribution in [0.15, 0.2) is 42.5 Å².